The number of carbonyl (C=O) groups excluding carboxylic acids is 1. The van der Waals surface area contributed by atoms with Crippen molar-refractivity contribution < 1.29 is 13.9 Å². The summed E-state index contributed by atoms with van der Waals surface area (Å²) in [7, 11) is 2.33. The van der Waals surface area contributed by atoms with Crippen LogP contribution in [0.1, 0.15) is 27.0 Å². The highest BCUT2D eigenvalue weighted by atomic mass is 31.0. The number of carbonyl (C=O) groups is 1. The molecule has 0 aliphatic rings. The molecule has 8 nitrogen and oxygen atoms in total. The number of nitrogens with zero attached hydrogens (tertiary/aromatic N) is 3. The van der Waals surface area contributed by atoms with E-state index >= 15 is 0 Å². The predicted molar refractivity (Wildman–Crippen MR) is 112 cm³/mol. The average molecular weight is 419 g/mol. The van der Waals surface area contributed by atoms with Crippen molar-refractivity contribution in [3.63, 3.8) is 0 Å². The van der Waals surface area contributed by atoms with Gasteiger partial charge in [0, 0.05) is 5.56 Å². The summed E-state index contributed by atoms with van der Waals surface area (Å²) in [6.07, 6.45) is 0.430. The molecular formula is C19H23FN5O3P. The molecule has 154 valence electrons. The fourth-order valence-corrected chi connectivity index (χ4v) is 3.82. The molecule has 0 amide bonds. The number of H-pyrrole nitrogens is 1. The number of benzene rings is 1. The average Bonchev–Trinajstić information content (AvgIpc) is 3.03. The number of ketones is 1. The van der Waals surface area contributed by atoms with E-state index in [1.54, 1.807) is 0 Å². The van der Waals surface area contributed by atoms with Crippen LogP contribution >= 0.6 is 9.24 Å². The fraction of sp³-hybridized carbons (Fsp3) is 0.368. The number of nitrogen functional groups attached to an aromatic ring is 1. The zero-order chi connectivity index (χ0) is 21.3. The lowest BCUT2D eigenvalue weighted by atomic mass is 9.97. The Morgan fingerprint density at radius 3 is 2.62 bits per heavy atom. The summed E-state index contributed by atoms with van der Waals surface area (Å²) in [5.74, 6) is -1.23. The summed E-state index contributed by atoms with van der Waals surface area (Å²) in [5.41, 5.74) is 8.75. The van der Waals surface area contributed by atoms with Crippen LogP contribution in [0.4, 0.5) is 10.3 Å². The lowest BCUT2D eigenvalue weighted by Crippen LogP contribution is -2.30. The van der Waals surface area contributed by atoms with E-state index in [-0.39, 0.29) is 29.4 Å². The second kappa shape index (κ2) is 8.39. The van der Waals surface area contributed by atoms with E-state index in [1.165, 1.54) is 10.9 Å². The van der Waals surface area contributed by atoms with E-state index in [0.717, 1.165) is 16.7 Å². The number of aromatic nitrogens is 4. The Balaban J connectivity index is 1.80. The van der Waals surface area contributed by atoms with Crippen molar-refractivity contribution in [3.8, 4) is 0 Å². The molecule has 3 N–H and O–H groups in total. The lowest BCUT2D eigenvalue weighted by Gasteiger charge is -2.21. The van der Waals surface area contributed by atoms with Crippen molar-refractivity contribution in [1.29, 1.82) is 0 Å². The number of hydrogen-bond acceptors (Lipinski definition) is 6. The molecule has 0 saturated carbocycles. The number of ether oxygens (including phenoxy) is 1. The molecule has 0 spiro atoms. The monoisotopic (exact) mass is 419 g/mol. The molecule has 0 bridgehead atoms. The first-order chi connectivity index (χ1) is 13.7. The molecule has 2 aromatic heterocycles. The van der Waals surface area contributed by atoms with Crippen LogP contribution in [0.15, 0.2) is 23.3 Å². The van der Waals surface area contributed by atoms with Crippen molar-refractivity contribution in [2.24, 2.45) is 0 Å². The van der Waals surface area contributed by atoms with Gasteiger partial charge in [0.15, 0.2) is 16.9 Å². The van der Waals surface area contributed by atoms with Crippen LogP contribution in [0.5, 0.6) is 0 Å². The first kappa shape index (κ1) is 21.1. The van der Waals surface area contributed by atoms with Crippen LogP contribution in [-0.4, -0.2) is 43.9 Å². The second-order valence-electron chi connectivity index (χ2n) is 6.99. The first-order valence-electron chi connectivity index (χ1n) is 9.01. The van der Waals surface area contributed by atoms with Gasteiger partial charge in [-0.05, 0) is 31.9 Å². The Bertz CT molecular complexity index is 1100. The van der Waals surface area contributed by atoms with Crippen LogP contribution in [0, 0.1) is 20.8 Å². The first-order valence-corrected chi connectivity index (χ1v) is 9.67. The Labute approximate surface area is 168 Å². The highest BCUT2D eigenvalue weighted by Crippen LogP contribution is 2.22. The number of halogens is 1. The van der Waals surface area contributed by atoms with Gasteiger partial charge < -0.3 is 15.0 Å². The van der Waals surface area contributed by atoms with Gasteiger partial charge in [-0.2, -0.15) is 4.98 Å². The molecule has 3 aromatic rings. The zero-order valence-corrected chi connectivity index (χ0v) is 17.6. The van der Waals surface area contributed by atoms with Crippen LogP contribution in [0.3, 0.4) is 0 Å². The maximum atomic E-state index is 13.7. The number of imidazole rings is 1. The minimum absolute atomic E-state index is 0.0208. The van der Waals surface area contributed by atoms with Gasteiger partial charge in [0.2, 0.25) is 5.95 Å². The minimum Gasteiger partial charge on any atom is -0.369 e. The molecule has 0 radical (unpaired) electrons. The van der Waals surface area contributed by atoms with Gasteiger partial charge >= 0.3 is 0 Å². The van der Waals surface area contributed by atoms with Crippen LogP contribution in [0.2, 0.25) is 0 Å². The normalized spacial score (nSPS) is 13.6. The zero-order valence-electron chi connectivity index (χ0n) is 16.4. The lowest BCUT2D eigenvalue weighted by molar-refractivity contribution is 0.0123. The maximum Gasteiger partial charge on any atom is 0.280 e. The number of fused-ring (bicyclic) bond motifs is 1. The number of nitrogens with two attached hydrogens (primary N) is 1. The summed E-state index contributed by atoms with van der Waals surface area (Å²) < 4.78 is 20.8. The van der Waals surface area contributed by atoms with Crippen LogP contribution in [-0.2, 0) is 11.3 Å². The van der Waals surface area contributed by atoms with E-state index in [9.17, 15) is 14.0 Å². The molecule has 0 aliphatic carbocycles. The number of rotatable bonds is 7. The molecule has 0 saturated heterocycles. The smallest absolute Gasteiger partial charge is 0.280 e. The predicted octanol–water partition coefficient (Wildman–Crippen LogP) is 2.07. The number of aromatic amines is 1. The quantitative estimate of drug-likeness (QED) is 0.447. The van der Waals surface area contributed by atoms with Crippen LogP contribution in [0.25, 0.3) is 11.2 Å². The molecule has 29 heavy (non-hydrogen) atoms. The van der Waals surface area contributed by atoms with Crippen molar-refractivity contribution in [3.05, 3.63) is 51.1 Å². The third-order valence-electron chi connectivity index (χ3n) is 4.59. The van der Waals surface area contributed by atoms with Crippen LogP contribution < -0.4 is 11.3 Å². The molecule has 1 aromatic carbocycles. The van der Waals surface area contributed by atoms with Gasteiger partial charge in [-0.3, -0.25) is 14.6 Å². The SMILES string of the molecule is Cc1cc(C)c(C(=O)[C@H](P)O[C@H](CF)Cn2cnc3c(=O)[nH]c(N)nc32)c(C)c1. The van der Waals surface area contributed by atoms with E-state index in [2.05, 4.69) is 24.2 Å². The fourth-order valence-electron chi connectivity index (χ4n) is 3.43. The Morgan fingerprint density at radius 1 is 1.34 bits per heavy atom. The van der Waals surface area contributed by atoms with Gasteiger partial charge in [0.25, 0.3) is 5.56 Å². The number of aryl methyl sites for hydroxylation is 3. The summed E-state index contributed by atoms with van der Waals surface area (Å²) in [5, 5.41) is 0. The molecule has 3 atom stereocenters. The number of nitrogens with one attached hydrogen (secondary N) is 1. The van der Waals surface area contributed by atoms with E-state index in [1.807, 2.05) is 32.9 Å². The highest BCUT2D eigenvalue weighted by molar-refractivity contribution is 7.19. The maximum absolute atomic E-state index is 13.7. The minimum atomic E-state index is -0.938. The summed E-state index contributed by atoms with van der Waals surface area (Å²) in [4.78, 5) is 35.2. The molecule has 2 heterocycles. The van der Waals surface area contributed by atoms with E-state index in [0.29, 0.717) is 5.56 Å². The standard InChI is InChI=1S/C19H23FN5O3P/c1-9-4-10(2)13(11(3)5-9)15(26)18(29)28-12(6-20)7-25-8-22-14-16(25)23-19(21)24-17(14)27/h4-5,8,12,18H,6-7,29H2,1-3H3,(H3,21,23,24,27)/t12-,18+/m1/s1. The summed E-state index contributed by atoms with van der Waals surface area (Å²) in [6.45, 7) is 4.88. The number of Topliss-reactive ketones (excluding diaryl/α,β-unsaturated/α-hetero) is 1. The topological polar surface area (TPSA) is 116 Å². The summed E-state index contributed by atoms with van der Waals surface area (Å²) in [6, 6.07) is 3.85. The second-order valence-corrected chi connectivity index (χ2v) is 7.60. The highest BCUT2D eigenvalue weighted by Gasteiger charge is 2.24. The van der Waals surface area contributed by atoms with Crippen molar-refractivity contribution >= 4 is 32.1 Å². The van der Waals surface area contributed by atoms with Gasteiger partial charge in [0.05, 0.1) is 12.9 Å². The Kier molecular flexibility index (Phi) is 6.10. The van der Waals surface area contributed by atoms with Gasteiger partial charge in [-0.25, -0.2) is 9.37 Å². The van der Waals surface area contributed by atoms with Crippen molar-refractivity contribution in [1.82, 2.24) is 19.5 Å². The van der Waals surface area contributed by atoms with Gasteiger partial charge in [0.1, 0.15) is 18.6 Å². The number of hydrogen-bond donors (Lipinski definition) is 2. The largest absolute Gasteiger partial charge is 0.369 e. The number of alkyl halides is 1. The number of anilines is 1. The summed E-state index contributed by atoms with van der Waals surface area (Å²) >= 11 is 0. The molecule has 0 fully saturated rings. The molecule has 0 aliphatic heterocycles. The molecule has 1 unspecified atom stereocenters. The van der Waals surface area contributed by atoms with Crippen molar-refractivity contribution in [2.45, 2.75) is 39.3 Å². The third kappa shape index (κ3) is 4.36. The van der Waals surface area contributed by atoms with Crippen molar-refractivity contribution in [2.75, 3.05) is 12.4 Å². The van der Waals surface area contributed by atoms with Gasteiger partial charge in [-0.15, -0.1) is 0 Å². The molecule has 10 heteroatoms. The Morgan fingerprint density at radius 2 is 2.00 bits per heavy atom. The third-order valence-corrected chi connectivity index (χ3v) is 5.05. The molecule has 3 rings (SSSR count). The Hall–Kier alpha value is -2.64. The van der Waals surface area contributed by atoms with E-state index in [4.69, 9.17) is 10.5 Å². The molecular weight excluding hydrogens is 396 g/mol. The van der Waals surface area contributed by atoms with E-state index < -0.39 is 24.2 Å². The van der Waals surface area contributed by atoms with Gasteiger partial charge in [-0.1, -0.05) is 26.9 Å².